The summed E-state index contributed by atoms with van der Waals surface area (Å²) in [5.74, 6) is 1.43. The van der Waals surface area contributed by atoms with E-state index in [1.54, 1.807) is 6.20 Å². The lowest BCUT2D eigenvalue weighted by molar-refractivity contribution is 0.558. The van der Waals surface area contributed by atoms with Gasteiger partial charge in [-0.05, 0) is 25.8 Å². The maximum absolute atomic E-state index is 5.79. The summed E-state index contributed by atoms with van der Waals surface area (Å²) in [7, 11) is 0. The lowest BCUT2D eigenvalue weighted by atomic mass is 10.3. The fourth-order valence-electron chi connectivity index (χ4n) is 2.46. The van der Waals surface area contributed by atoms with Gasteiger partial charge in [-0.1, -0.05) is 0 Å². The Morgan fingerprint density at radius 2 is 2.10 bits per heavy atom. The van der Waals surface area contributed by atoms with Crippen molar-refractivity contribution in [3.05, 3.63) is 18.5 Å². The highest BCUT2D eigenvalue weighted by molar-refractivity contribution is 5.42. The number of hydrogen-bond acceptors (Lipinski definition) is 7. The molecule has 1 atom stereocenters. The Hall–Kier alpha value is -2.38. The average Bonchev–Trinajstić information content (AvgIpc) is 3.10. The molecule has 0 aliphatic carbocycles. The monoisotopic (exact) mass is 288 g/mol. The standard InChI is InChI=1S/C13H20N8/c1-10(9-21-8-4-5-15-21)16-12-17-11(14)18-13(19-12)20-6-2-3-7-20/h4-5,8,10H,2-3,6-7,9H2,1H3,(H3,14,16,17,18,19). The molecule has 8 heteroatoms. The van der Waals surface area contributed by atoms with E-state index in [1.807, 2.05) is 16.9 Å². The number of anilines is 3. The number of nitrogens with two attached hydrogens (primary N) is 1. The van der Waals surface area contributed by atoms with E-state index in [2.05, 4.69) is 37.2 Å². The molecule has 0 radical (unpaired) electrons. The van der Waals surface area contributed by atoms with Gasteiger partial charge < -0.3 is 16.0 Å². The van der Waals surface area contributed by atoms with Crippen LogP contribution in [0, 0.1) is 0 Å². The van der Waals surface area contributed by atoms with Crippen LogP contribution in [0.3, 0.4) is 0 Å². The lowest BCUT2D eigenvalue weighted by Crippen LogP contribution is -2.26. The Morgan fingerprint density at radius 1 is 1.29 bits per heavy atom. The van der Waals surface area contributed by atoms with Crippen molar-refractivity contribution in [1.82, 2.24) is 24.7 Å². The van der Waals surface area contributed by atoms with Crippen molar-refractivity contribution in [2.24, 2.45) is 0 Å². The fourth-order valence-corrected chi connectivity index (χ4v) is 2.46. The number of nitrogen functional groups attached to an aromatic ring is 1. The second kappa shape index (κ2) is 5.94. The minimum atomic E-state index is 0.137. The first kappa shape index (κ1) is 13.6. The second-order valence-corrected chi connectivity index (χ2v) is 5.28. The number of rotatable bonds is 5. The minimum absolute atomic E-state index is 0.137. The van der Waals surface area contributed by atoms with Crippen LogP contribution in [0.2, 0.25) is 0 Å². The van der Waals surface area contributed by atoms with Crippen LogP contribution in [0.1, 0.15) is 19.8 Å². The summed E-state index contributed by atoms with van der Waals surface area (Å²) in [6.07, 6.45) is 6.03. The molecule has 0 aromatic carbocycles. The van der Waals surface area contributed by atoms with Gasteiger partial charge in [-0.3, -0.25) is 4.68 Å². The third kappa shape index (κ3) is 3.39. The van der Waals surface area contributed by atoms with Gasteiger partial charge in [0, 0.05) is 31.5 Å². The predicted octanol–water partition coefficient (Wildman–Crippen LogP) is 0.751. The molecule has 0 saturated carbocycles. The number of nitrogens with one attached hydrogen (secondary N) is 1. The van der Waals surface area contributed by atoms with Crippen LogP contribution < -0.4 is 16.0 Å². The first-order valence-corrected chi connectivity index (χ1v) is 7.21. The van der Waals surface area contributed by atoms with E-state index in [4.69, 9.17) is 5.73 Å². The van der Waals surface area contributed by atoms with E-state index >= 15 is 0 Å². The van der Waals surface area contributed by atoms with Crippen molar-refractivity contribution < 1.29 is 0 Å². The molecular weight excluding hydrogens is 268 g/mol. The molecule has 1 unspecified atom stereocenters. The van der Waals surface area contributed by atoms with E-state index in [0.29, 0.717) is 11.9 Å². The van der Waals surface area contributed by atoms with Crippen LogP contribution in [-0.4, -0.2) is 43.9 Å². The van der Waals surface area contributed by atoms with Crippen LogP contribution in [0.4, 0.5) is 17.8 Å². The Balaban J connectivity index is 1.69. The van der Waals surface area contributed by atoms with Gasteiger partial charge in [0.1, 0.15) is 0 Å². The Kier molecular flexibility index (Phi) is 3.85. The van der Waals surface area contributed by atoms with Crippen LogP contribution >= 0.6 is 0 Å². The topological polar surface area (TPSA) is 97.8 Å². The van der Waals surface area contributed by atoms with Gasteiger partial charge in [0.2, 0.25) is 17.8 Å². The van der Waals surface area contributed by atoms with Crippen LogP contribution in [0.25, 0.3) is 0 Å². The van der Waals surface area contributed by atoms with E-state index in [9.17, 15) is 0 Å². The van der Waals surface area contributed by atoms with Crippen molar-refractivity contribution in [2.45, 2.75) is 32.4 Å². The molecule has 0 spiro atoms. The molecule has 2 aromatic rings. The molecule has 112 valence electrons. The summed E-state index contributed by atoms with van der Waals surface area (Å²) < 4.78 is 1.86. The van der Waals surface area contributed by atoms with E-state index < -0.39 is 0 Å². The predicted molar refractivity (Wildman–Crippen MR) is 81.0 cm³/mol. The molecule has 3 heterocycles. The van der Waals surface area contributed by atoms with Gasteiger partial charge in [-0.2, -0.15) is 20.1 Å². The molecular formula is C13H20N8. The molecule has 2 aromatic heterocycles. The fraction of sp³-hybridized carbons (Fsp3) is 0.538. The highest BCUT2D eigenvalue weighted by Gasteiger charge is 2.17. The van der Waals surface area contributed by atoms with Crippen LogP contribution in [0.5, 0.6) is 0 Å². The van der Waals surface area contributed by atoms with Gasteiger partial charge in [0.15, 0.2) is 0 Å². The van der Waals surface area contributed by atoms with Crippen molar-refractivity contribution in [2.75, 3.05) is 29.0 Å². The first-order chi connectivity index (χ1) is 10.2. The first-order valence-electron chi connectivity index (χ1n) is 7.21. The Morgan fingerprint density at radius 3 is 2.81 bits per heavy atom. The largest absolute Gasteiger partial charge is 0.368 e. The molecule has 1 fully saturated rings. The molecule has 8 nitrogen and oxygen atoms in total. The van der Waals surface area contributed by atoms with E-state index in [0.717, 1.165) is 19.6 Å². The number of nitrogens with zero attached hydrogens (tertiary/aromatic N) is 6. The Labute approximate surface area is 123 Å². The summed E-state index contributed by atoms with van der Waals surface area (Å²) >= 11 is 0. The van der Waals surface area contributed by atoms with Crippen LogP contribution in [-0.2, 0) is 6.54 Å². The minimum Gasteiger partial charge on any atom is -0.368 e. The zero-order valence-corrected chi connectivity index (χ0v) is 12.1. The molecule has 0 amide bonds. The van der Waals surface area contributed by atoms with Gasteiger partial charge in [0.05, 0.1) is 6.54 Å². The van der Waals surface area contributed by atoms with Crippen molar-refractivity contribution >= 4 is 17.8 Å². The highest BCUT2D eigenvalue weighted by atomic mass is 15.3. The quantitative estimate of drug-likeness (QED) is 0.837. The molecule has 1 saturated heterocycles. The average molecular weight is 288 g/mol. The summed E-state index contributed by atoms with van der Waals surface area (Å²) in [6, 6.07) is 2.04. The number of hydrogen-bond donors (Lipinski definition) is 2. The Bertz CT molecular complexity index is 576. The third-order valence-corrected chi connectivity index (χ3v) is 3.43. The van der Waals surface area contributed by atoms with Gasteiger partial charge in [-0.15, -0.1) is 0 Å². The second-order valence-electron chi connectivity index (χ2n) is 5.28. The highest BCUT2D eigenvalue weighted by Crippen LogP contribution is 2.17. The van der Waals surface area contributed by atoms with Crippen LogP contribution in [0.15, 0.2) is 18.5 Å². The summed E-state index contributed by atoms with van der Waals surface area (Å²) in [4.78, 5) is 15.0. The molecule has 3 rings (SSSR count). The summed E-state index contributed by atoms with van der Waals surface area (Å²) in [6.45, 7) is 4.74. The normalized spacial score (nSPS) is 16.1. The third-order valence-electron chi connectivity index (χ3n) is 3.43. The van der Waals surface area contributed by atoms with E-state index in [1.165, 1.54) is 12.8 Å². The van der Waals surface area contributed by atoms with Crippen molar-refractivity contribution in [3.63, 3.8) is 0 Å². The molecule has 1 aliphatic heterocycles. The maximum Gasteiger partial charge on any atom is 0.231 e. The van der Waals surface area contributed by atoms with Crippen molar-refractivity contribution in [3.8, 4) is 0 Å². The molecule has 21 heavy (non-hydrogen) atoms. The summed E-state index contributed by atoms with van der Waals surface area (Å²) in [5, 5.41) is 7.44. The maximum atomic E-state index is 5.79. The number of aromatic nitrogens is 5. The zero-order chi connectivity index (χ0) is 14.7. The van der Waals surface area contributed by atoms with Gasteiger partial charge in [0.25, 0.3) is 0 Å². The van der Waals surface area contributed by atoms with Gasteiger partial charge >= 0.3 is 0 Å². The summed E-state index contributed by atoms with van der Waals surface area (Å²) in [5.41, 5.74) is 5.79. The molecule has 0 bridgehead atoms. The smallest absolute Gasteiger partial charge is 0.231 e. The SMILES string of the molecule is CC(Cn1cccn1)Nc1nc(N)nc(N2CCCC2)n1. The molecule has 3 N–H and O–H groups in total. The van der Waals surface area contributed by atoms with Gasteiger partial charge in [-0.25, -0.2) is 0 Å². The molecule has 1 aliphatic rings. The lowest BCUT2D eigenvalue weighted by Gasteiger charge is -2.18. The van der Waals surface area contributed by atoms with E-state index in [-0.39, 0.29) is 12.0 Å². The zero-order valence-electron chi connectivity index (χ0n) is 12.1. The van der Waals surface area contributed by atoms with Crippen molar-refractivity contribution in [1.29, 1.82) is 0 Å².